The Hall–Kier alpha value is -2.71. The van der Waals surface area contributed by atoms with E-state index >= 15 is 0 Å². The second-order valence-electron chi connectivity index (χ2n) is 7.37. The van der Waals surface area contributed by atoms with Gasteiger partial charge in [0.05, 0.1) is 10.9 Å². The third-order valence-corrected chi connectivity index (χ3v) is 7.26. The summed E-state index contributed by atoms with van der Waals surface area (Å²) in [6.45, 7) is 3.03. The number of H-pyrrole nitrogens is 1. The van der Waals surface area contributed by atoms with Crippen molar-refractivity contribution < 1.29 is 13.2 Å². The van der Waals surface area contributed by atoms with Crippen molar-refractivity contribution in [3.63, 3.8) is 0 Å². The van der Waals surface area contributed by atoms with Crippen LogP contribution in [0.15, 0.2) is 53.7 Å². The topological polar surface area (TPSA) is 95.2 Å². The van der Waals surface area contributed by atoms with Crippen LogP contribution in [0.4, 0.5) is 0 Å². The fourth-order valence-electron chi connectivity index (χ4n) is 3.64. The summed E-state index contributed by atoms with van der Waals surface area (Å²) in [5.74, 6) is -0.223. The molecule has 1 fully saturated rings. The van der Waals surface area contributed by atoms with Crippen LogP contribution in [0.2, 0.25) is 0 Å². The molecule has 0 bridgehead atoms. The number of benzene rings is 1. The lowest BCUT2D eigenvalue weighted by atomic mass is 10.1. The molecule has 7 nitrogen and oxygen atoms in total. The molecule has 1 aliphatic heterocycles. The summed E-state index contributed by atoms with van der Waals surface area (Å²) in [6, 6.07) is 10.1. The minimum atomic E-state index is -3.45. The fourth-order valence-corrected chi connectivity index (χ4v) is 5.15. The lowest BCUT2D eigenvalue weighted by Gasteiger charge is -2.26. The molecule has 29 heavy (non-hydrogen) atoms. The van der Waals surface area contributed by atoms with Gasteiger partial charge in [0.25, 0.3) is 5.91 Å². The molecule has 0 saturated carbocycles. The van der Waals surface area contributed by atoms with Crippen LogP contribution in [-0.2, 0) is 10.0 Å². The number of nitrogens with zero attached hydrogens (tertiary/aromatic N) is 2. The maximum atomic E-state index is 12.8. The number of carbonyl (C=O) groups is 1. The van der Waals surface area contributed by atoms with Gasteiger partial charge in [0.15, 0.2) is 0 Å². The van der Waals surface area contributed by atoms with E-state index in [1.807, 2.05) is 13.0 Å². The highest BCUT2D eigenvalue weighted by atomic mass is 32.2. The number of carbonyl (C=O) groups excluding carboxylic acids is 1. The average Bonchev–Trinajstić information content (AvgIpc) is 3.19. The van der Waals surface area contributed by atoms with Gasteiger partial charge in [-0.3, -0.25) is 9.78 Å². The van der Waals surface area contributed by atoms with Gasteiger partial charge in [0.2, 0.25) is 10.0 Å². The quantitative estimate of drug-likeness (QED) is 0.673. The Bertz CT molecular complexity index is 1080. The van der Waals surface area contributed by atoms with Crippen LogP contribution >= 0.6 is 0 Å². The third-order valence-electron chi connectivity index (χ3n) is 5.35. The van der Waals surface area contributed by atoms with Crippen molar-refractivity contribution in [3.05, 3.63) is 60.0 Å². The van der Waals surface area contributed by atoms with Crippen molar-refractivity contribution >= 4 is 26.8 Å². The van der Waals surface area contributed by atoms with Crippen LogP contribution in [0.1, 0.15) is 48.3 Å². The SMILES string of the molecule is CC(NC(=O)c1cc2cnccc2[nH]1)c1ccc(S(=O)(=O)N2CCCCC2)cc1. The number of pyridine rings is 1. The first kappa shape index (κ1) is 19.6. The van der Waals surface area contributed by atoms with Crippen LogP contribution in [0.5, 0.6) is 0 Å². The minimum Gasteiger partial charge on any atom is -0.350 e. The molecule has 2 aromatic heterocycles. The Kier molecular flexibility index (Phi) is 5.38. The van der Waals surface area contributed by atoms with Crippen LogP contribution in [0.3, 0.4) is 0 Å². The Morgan fingerprint density at radius 1 is 1.14 bits per heavy atom. The number of aromatic amines is 1. The summed E-state index contributed by atoms with van der Waals surface area (Å²) in [4.78, 5) is 20.0. The molecule has 3 aromatic rings. The van der Waals surface area contributed by atoms with Gasteiger partial charge in [-0.25, -0.2) is 8.42 Å². The normalized spacial score (nSPS) is 16.6. The van der Waals surface area contributed by atoms with Crippen LogP contribution < -0.4 is 5.32 Å². The molecule has 0 aliphatic carbocycles. The number of hydrogen-bond acceptors (Lipinski definition) is 4. The highest BCUT2D eigenvalue weighted by Crippen LogP contribution is 2.23. The van der Waals surface area contributed by atoms with Gasteiger partial charge in [-0.2, -0.15) is 4.31 Å². The van der Waals surface area contributed by atoms with Crippen molar-refractivity contribution in [1.82, 2.24) is 19.6 Å². The molecule has 4 rings (SSSR count). The first-order valence-electron chi connectivity index (χ1n) is 9.79. The van der Waals surface area contributed by atoms with Crippen molar-refractivity contribution in [2.75, 3.05) is 13.1 Å². The highest BCUT2D eigenvalue weighted by molar-refractivity contribution is 7.89. The Balaban J connectivity index is 1.46. The van der Waals surface area contributed by atoms with E-state index in [0.29, 0.717) is 23.7 Å². The molecule has 1 saturated heterocycles. The molecule has 0 radical (unpaired) electrons. The van der Waals surface area contributed by atoms with E-state index in [2.05, 4.69) is 15.3 Å². The van der Waals surface area contributed by atoms with E-state index < -0.39 is 10.0 Å². The molecule has 0 spiro atoms. The maximum absolute atomic E-state index is 12.8. The zero-order chi connectivity index (χ0) is 20.4. The first-order valence-corrected chi connectivity index (χ1v) is 11.2. The summed E-state index contributed by atoms with van der Waals surface area (Å²) >= 11 is 0. The van der Waals surface area contributed by atoms with Gasteiger partial charge in [0, 0.05) is 36.4 Å². The number of piperidine rings is 1. The van der Waals surface area contributed by atoms with Crippen LogP contribution in [0, 0.1) is 0 Å². The summed E-state index contributed by atoms with van der Waals surface area (Å²) in [5, 5.41) is 3.82. The Morgan fingerprint density at radius 3 is 2.55 bits per heavy atom. The van der Waals surface area contributed by atoms with E-state index in [1.54, 1.807) is 47.0 Å². The molecule has 1 aromatic carbocycles. The maximum Gasteiger partial charge on any atom is 0.268 e. The number of nitrogens with one attached hydrogen (secondary N) is 2. The molecule has 1 atom stereocenters. The predicted octanol–water partition coefficient (Wildman–Crippen LogP) is 3.23. The Morgan fingerprint density at radius 2 is 1.86 bits per heavy atom. The van der Waals surface area contributed by atoms with Crippen molar-refractivity contribution in [3.8, 4) is 0 Å². The molecule has 1 aliphatic rings. The Labute approximate surface area is 170 Å². The standard InChI is InChI=1S/C21H24N4O3S/c1-15(23-21(26)20-13-17-14-22-10-9-19(17)24-20)16-5-7-18(8-6-16)29(27,28)25-11-3-2-4-12-25/h5-10,13-15,24H,2-4,11-12H2,1H3,(H,23,26). The molecule has 3 heterocycles. The number of hydrogen-bond donors (Lipinski definition) is 2. The molecule has 152 valence electrons. The average molecular weight is 413 g/mol. The monoisotopic (exact) mass is 412 g/mol. The summed E-state index contributed by atoms with van der Waals surface area (Å²) in [5.41, 5.74) is 2.16. The van der Waals surface area contributed by atoms with Gasteiger partial charge in [-0.15, -0.1) is 0 Å². The van der Waals surface area contributed by atoms with Crippen LogP contribution in [0.25, 0.3) is 10.9 Å². The second kappa shape index (κ2) is 7.96. The van der Waals surface area contributed by atoms with Gasteiger partial charge in [0.1, 0.15) is 5.69 Å². The smallest absolute Gasteiger partial charge is 0.268 e. The summed E-state index contributed by atoms with van der Waals surface area (Å²) in [6.07, 6.45) is 6.26. The van der Waals surface area contributed by atoms with Crippen molar-refractivity contribution in [1.29, 1.82) is 0 Å². The van der Waals surface area contributed by atoms with E-state index in [1.165, 1.54) is 0 Å². The molecule has 2 N–H and O–H groups in total. The van der Waals surface area contributed by atoms with E-state index in [9.17, 15) is 13.2 Å². The molecule has 1 unspecified atom stereocenters. The third kappa shape index (κ3) is 4.04. The first-order chi connectivity index (χ1) is 13.9. The highest BCUT2D eigenvalue weighted by Gasteiger charge is 2.26. The number of fused-ring (bicyclic) bond motifs is 1. The minimum absolute atomic E-state index is 0.223. The summed E-state index contributed by atoms with van der Waals surface area (Å²) in [7, 11) is -3.45. The molecule has 1 amide bonds. The zero-order valence-electron chi connectivity index (χ0n) is 16.3. The second-order valence-corrected chi connectivity index (χ2v) is 9.31. The molecule has 8 heteroatoms. The van der Waals surface area contributed by atoms with Gasteiger partial charge >= 0.3 is 0 Å². The van der Waals surface area contributed by atoms with E-state index in [4.69, 9.17) is 0 Å². The number of aromatic nitrogens is 2. The lowest BCUT2D eigenvalue weighted by Crippen LogP contribution is -2.35. The van der Waals surface area contributed by atoms with Crippen LogP contribution in [-0.4, -0.2) is 41.7 Å². The number of sulfonamides is 1. The van der Waals surface area contributed by atoms with Crippen molar-refractivity contribution in [2.24, 2.45) is 0 Å². The van der Waals surface area contributed by atoms with E-state index in [-0.39, 0.29) is 11.9 Å². The van der Waals surface area contributed by atoms with Gasteiger partial charge < -0.3 is 10.3 Å². The van der Waals surface area contributed by atoms with Gasteiger partial charge in [-0.05, 0) is 49.6 Å². The summed E-state index contributed by atoms with van der Waals surface area (Å²) < 4.78 is 27.1. The van der Waals surface area contributed by atoms with Gasteiger partial charge in [-0.1, -0.05) is 18.6 Å². The predicted molar refractivity (Wildman–Crippen MR) is 111 cm³/mol. The lowest BCUT2D eigenvalue weighted by molar-refractivity contribution is 0.0935. The molecular weight excluding hydrogens is 388 g/mol. The molecular formula is C21H24N4O3S. The fraction of sp³-hybridized carbons (Fsp3) is 0.333. The number of rotatable bonds is 5. The zero-order valence-corrected chi connectivity index (χ0v) is 17.1. The van der Waals surface area contributed by atoms with Crippen molar-refractivity contribution in [2.45, 2.75) is 37.1 Å². The largest absolute Gasteiger partial charge is 0.350 e. The van der Waals surface area contributed by atoms with E-state index in [0.717, 1.165) is 35.7 Å². The number of amides is 1.